The van der Waals surface area contributed by atoms with E-state index in [0.717, 1.165) is 47.3 Å². The van der Waals surface area contributed by atoms with Crippen molar-refractivity contribution in [1.29, 1.82) is 0 Å². The van der Waals surface area contributed by atoms with Gasteiger partial charge >= 0.3 is 0 Å². The molecule has 0 amide bonds. The van der Waals surface area contributed by atoms with E-state index in [9.17, 15) is 0 Å². The molecule has 0 nitrogen and oxygen atoms in total. The number of fused-ring (bicyclic) bond motifs is 10. The summed E-state index contributed by atoms with van der Waals surface area (Å²) in [6.45, 7) is 0. The maximum Gasteiger partial charge on any atom is -0.0133 e. The van der Waals surface area contributed by atoms with E-state index >= 15 is 0 Å². The maximum absolute atomic E-state index is 2.44. The van der Waals surface area contributed by atoms with Gasteiger partial charge in [-0.3, -0.25) is 0 Å². The Morgan fingerprint density at radius 3 is 1.40 bits per heavy atom. The standard InChI is InChI=1S/2C10H12/c2*1-2-9-7-4-5-8(6-7)10(9)3-1/h2*1-2,4-5,7-10H,3,6H2. The van der Waals surface area contributed by atoms with E-state index in [1.165, 1.54) is 25.7 Å². The molecule has 104 valence electrons. The lowest BCUT2D eigenvalue weighted by molar-refractivity contribution is 0.398. The molecule has 8 atom stereocenters. The molecule has 0 heteroatoms. The number of hydrogen-bond acceptors (Lipinski definition) is 0. The minimum absolute atomic E-state index is 0.925. The Morgan fingerprint density at radius 1 is 0.500 bits per heavy atom. The molecule has 20 heavy (non-hydrogen) atoms. The minimum Gasteiger partial charge on any atom is -0.0879 e. The predicted molar refractivity (Wildman–Crippen MR) is 82.9 cm³/mol. The van der Waals surface area contributed by atoms with Crippen molar-refractivity contribution in [3.63, 3.8) is 0 Å². The van der Waals surface area contributed by atoms with Gasteiger partial charge in [0.1, 0.15) is 0 Å². The van der Waals surface area contributed by atoms with Crippen molar-refractivity contribution in [1.82, 2.24) is 0 Å². The van der Waals surface area contributed by atoms with Crippen molar-refractivity contribution in [2.45, 2.75) is 25.7 Å². The third-order valence-corrected chi connectivity index (χ3v) is 6.91. The molecular formula is C20H24. The molecule has 0 N–H and O–H groups in total. The smallest absolute Gasteiger partial charge is 0.0133 e. The van der Waals surface area contributed by atoms with Crippen molar-refractivity contribution in [2.75, 3.05) is 0 Å². The van der Waals surface area contributed by atoms with Crippen molar-refractivity contribution in [3.05, 3.63) is 48.6 Å². The van der Waals surface area contributed by atoms with Gasteiger partial charge in [0, 0.05) is 0 Å². The lowest BCUT2D eigenvalue weighted by atomic mass is 9.86. The van der Waals surface area contributed by atoms with E-state index in [1.807, 2.05) is 0 Å². The van der Waals surface area contributed by atoms with Crippen LogP contribution in [0.5, 0.6) is 0 Å². The fourth-order valence-electron chi connectivity index (χ4n) is 5.95. The Kier molecular flexibility index (Phi) is 2.45. The van der Waals surface area contributed by atoms with Crippen LogP contribution in [0.25, 0.3) is 0 Å². The Balaban J connectivity index is 0.0000000960. The maximum atomic E-state index is 2.44. The Hall–Kier alpha value is -1.04. The first kappa shape index (κ1) is 11.6. The predicted octanol–water partition coefficient (Wildman–Crippen LogP) is 4.77. The highest BCUT2D eigenvalue weighted by molar-refractivity contribution is 5.22. The van der Waals surface area contributed by atoms with Crippen LogP contribution in [0.4, 0.5) is 0 Å². The van der Waals surface area contributed by atoms with Gasteiger partial charge in [-0.1, -0.05) is 48.6 Å². The van der Waals surface area contributed by atoms with E-state index < -0.39 is 0 Å². The van der Waals surface area contributed by atoms with Crippen LogP contribution in [0.3, 0.4) is 0 Å². The quantitative estimate of drug-likeness (QED) is 0.553. The van der Waals surface area contributed by atoms with Crippen molar-refractivity contribution in [3.8, 4) is 0 Å². The summed E-state index contributed by atoms with van der Waals surface area (Å²) in [7, 11) is 0. The van der Waals surface area contributed by atoms with Gasteiger partial charge in [-0.15, -0.1) is 0 Å². The van der Waals surface area contributed by atoms with E-state index in [1.54, 1.807) is 0 Å². The van der Waals surface area contributed by atoms with Gasteiger partial charge in [0.15, 0.2) is 0 Å². The summed E-state index contributed by atoms with van der Waals surface area (Å²) in [5.41, 5.74) is 0. The van der Waals surface area contributed by atoms with Crippen molar-refractivity contribution in [2.24, 2.45) is 47.3 Å². The van der Waals surface area contributed by atoms with Gasteiger partial charge in [-0.05, 0) is 73.0 Å². The molecule has 6 aliphatic carbocycles. The molecule has 0 spiro atoms. The second-order valence-electron chi connectivity index (χ2n) is 7.71. The molecular weight excluding hydrogens is 240 g/mol. The summed E-state index contributed by atoms with van der Waals surface area (Å²) in [5, 5.41) is 0. The molecule has 0 aromatic heterocycles. The summed E-state index contributed by atoms with van der Waals surface area (Å²) < 4.78 is 0. The number of rotatable bonds is 0. The molecule has 4 bridgehead atoms. The average Bonchev–Trinajstić information content (AvgIpc) is 3.28. The van der Waals surface area contributed by atoms with Crippen molar-refractivity contribution < 1.29 is 0 Å². The fraction of sp³-hybridized carbons (Fsp3) is 0.600. The molecule has 0 aliphatic heterocycles. The van der Waals surface area contributed by atoms with Gasteiger partial charge in [-0.25, -0.2) is 0 Å². The Bertz CT molecular complexity index is 472. The van der Waals surface area contributed by atoms with Crippen LogP contribution in [0, 0.1) is 47.3 Å². The first-order chi connectivity index (χ1) is 9.90. The Morgan fingerprint density at radius 2 is 0.950 bits per heavy atom. The molecule has 0 heterocycles. The van der Waals surface area contributed by atoms with Gasteiger partial charge < -0.3 is 0 Å². The molecule has 0 aromatic rings. The van der Waals surface area contributed by atoms with Crippen LogP contribution < -0.4 is 0 Å². The summed E-state index contributed by atoms with van der Waals surface area (Å²) in [5.74, 6) is 7.65. The summed E-state index contributed by atoms with van der Waals surface area (Å²) in [6, 6.07) is 0. The third-order valence-electron chi connectivity index (χ3n) is 6.91. The first-order valence-electron chi connectivity index (χ1n) is 8.60. The number of hydrogen-bond donors (Lipinski definition) is 0. The topological polar surface area (TPSA) is 0 Å². The molecule has 0 radical (unpaired) electrons. The fourth-order valence-corrected chi connectivity index (χ4v) is 5.95. The average molecular weight is 264 g/mol. The molecule has 8 unspecified atom stereocenters. The zero-order valence-electron chi connectivity index (χ0n) is 12.1. The second kappa shape index (κ2) is 4.23. The van der Waals surface area contributed by atoms with E-state index in [2.05, 4.69) is 48.6 Å². The van der Waals surface area contributed by atoms with Crippen LogP contribution in [-0.4, -0.2) is 0 Å². The molecule has 2 saturated carbocycles. The highest BCUT2D eigenvalue weighted by atomic mass is 14.5. The van der Waals surface area contributed by atoms with Crippen LogP contribution in [-0.2, 0) is 0 Å². The van der Waals surface area contributed by atoms with Crippen molar-refractivity contribution >= 4 is 0 Å². The Labute approximate surface area is 122 Å². The largest absolute Gasteiger partial charge is 0.0879 e. The third kappa shape index (κ3) is 1.54. The van der Waals surface area contributed by atoms with Gasteiger partial charge in [-0.2, -0.15) is 0 Å². The highest BCUT2D eigenvalue weighted by Gasteiger charge is 2.44. The van der Waals surface area contributed by atoms with Gasteiger partial charge in [0.2, 0.25) is 0 Å². The molecule has 2 fully saturated rings. The lowest BCUT2D eigenvalue weighted by Crippen LogP contribution is -2.12. The highest BCUT2D eigenvalue weighted by Crippen LogP contribution is 2.53. The molecule has 6 aliphatic rings. The summed E-state index contributed by atoms with van der Waals surface area (Å²) in [4.78, 5) is 0. The van der Waals surface area contributed by atoms with E-state index in [-0.39, 0.29) is 0 Å². The van der Waals surface area contributed by atoms with Crippen LogP contribution >= 0.6 is 0 Å². The molecule has 0 saturated heterocycles. The minimum atomic E-state index is 0.925. The number of allylic oxidation sites excluding steroid dienone is 8. The zero-order valence-corrected chi connectivity index (χ0v) is 12.1. The normalized spacial score (nSPS) is 54.4. The van der Waals surface area contributed by atoms with Crippen LogP contribution in [0.2, 0.25) is 0 Å². The lowest BCUT2D eigenvalue weighted by Gasteiger charge is -2.18. The van der Waals surface area contributed by atoms with Crippen LogP contribution in [0.15, 0.2) is 48.6 Å². The SMILES string of the molecule is C1=CC2C3C=CC(C3)C2C1.C1=CC2C3C=CC(C3)C2C1. The van der Waals surface area contributed by atoms with Crippen LogP contribution in [0.1, 0.15) is 25.7 Å². The molecule has 6 rings (SSSR count). The monoisotopic (exact) mass is 264 g/mol. The van der Waals surface area contributed by atoms with E-state index in [4.69, 9.17) is 0 Å². The summed E-state index contributed by atoms with van der Waals surface area (Å²) in [6.07, 6.45) is 25.0. The summed E-state index contributed by atoms with van der Waals surface area (Å²) >= 11 is 0. The zero-order chi connectivity index (χ0) is 13.1. The second-order valence-corrected chi connectivity index (χ2v) is 7.71. The first-order valence-corrected chi connectivity index (χ1v) is 8.60. The van der Waals surface area contributed by atoms with E-state index in [0.29, 0.717) is 0 Å². The van der Waals surface area contributed by atoms with Gasteiger partial charge in [0.25, 0.3) is 0 Å². The molecule has 0 aromatic carbocycles. The van der Waals surface area contributed by atoms with Gasteiger partial charge in [0.05, 0.1) is 0 Å².